The molecule has 0 spiro atoms. The molecular weight excluding hydrogens is 284 g/mol. The number of halogens is 1. The summed E-state index contributed by atoms with van der Waals surface area (Å²) in [4.78, 5) is 8.26. The summed E-state index contributed by atoms with van der Waals surface area (Å²) in [5.41, 5.74) is 3.38. The molecule has 0 aliphatic heterocycles. The quantitative estimate of drug-likeness (QED) is 0.702. The Morgan fingerprint density at radius 1 is 1.05 bits per heavy atom. The Morgan fingerprint density at radius 3 is 2.33 bits per heavy atom. The van der Waals surface area contributed by atoms with E-state index >= 15 is 0 Å². The summed E-state index contributed by atoms with van der Waals surface area (Å²) in [6, 6.07) is 6.12. The first-order valence-corrected chi connectivity index (χ1v) is 7.56. The summed E-state index contributed by atoms with van der Waals surface area (Å²) in [7, 11) is 0. The van der Waals surface area contributed by atoms with Gasteiger partial charge in [0.2, 0.25) is 5.88 Å². The highest BCUT2D eigenvalue weighted by Gasteiger charge is 2.16. The summed E-state index contributed by atoms with van der Waals surface area (Å²) in [5, 5.41) is 0.450. The van der Waals surface area contributed by atoms with Gasteiger partial charge in [-0.15, -0.1) is 0 Å². The van der Waals surface area contributed by atoms with Gasteiger partial charge in [0.1, 0.15) is 17.2 Å². The lowest BCUT2D eigenvalue weighted by Crippen LogP contribution is -2.00. The predicted molar refractivity (Wildman–Crippen MR) is 86.5 cm³/mol. The maximum absolute atomic E-state index is 6.16. The van der Waals surface area contributed by atoms with Crippen LogP contribution in [0.25, 0.3) is 0 Å². The van der Waals surface area contributed by atoms with Gasteiger partial charge < -0.3 is 4.74 Å². The molecule has 1 aromatic carbocycles. The summed E-state index contributed by atoms with van der Waals surface area (Å²) < 4.78 is 5.93. The highest BCUT2D eigenvalue weighted by atomic mass is 35.5. The first-order valence-electron chi connectivity index (χ1n) is 7.19. The third-order valence-corrected chi connectivity index (χ3v) is 3.76. The molecule has 0 N–H and O–H groups in total. The first kappa shape index (κ1) is 15.8. The lowest BCUT2D eigenvalue weighted by molar-refractivity contribution is 0.450. The molecule has 2 aromatic rings. The average molecular weight is 305 g/mol. The van der Waals surface area contributed by atoms with Crippen molar-refractivity contribution in [1.29, 1.82) is 0 Å². The van der Waals surface area contributed by atoms with Crippen molar-refractivity contribution in [3.63, 3.8) is 0 Å². The molecule has 0 aliphatic carbocycles. The molecule has 0 saturated carbocycles. The molecule has 0 bridgehead atoms. The number of ether oxygens (including phenoxy) is 1. The van der Waals surface area contributed by atoms with Crippen molar-refractivity contribution in [2.45, 2.75) is 46.5 Å². The van der Waals surface area contributed by atoms with Crippen molar-refractivity contribution in [2.24, 2.45) is 0 Å². The number of hydrogen-bond donors (Lipinski definition) is 0. The van der Waals surface area contributed by atoms with Crippen molar-refractivity contribution in [1.82, 2.24) is 9.97 Å². The molecule has 1 aromatic heterocycles. The number of benzene rings is 1. The Bertz CT molecular complexity index is 639. The summed E-state index contributed by atoms with van der Waals surface area (Å²) >= 11 is 6.16. The number of aryl methyl sites for hydroxylation is 1. The minimum absolute atomic E-state index is 0.199. The lowest BCUT2D eigenvalue weighted by atomic mass is 9.98. The van der Waals surface area contributed by atoms with E-state index in [0.717, 1.165) is 11.3 Å². The Balaban J connectivity index is 2.35. The third-order valence-electron chi connectivity index (χ3n) is 3.45. The van der Waals surface area contributed by atoms with Gasteiger partial charge in [0, 0.05) is 0 Å². The highest BCUT2D eigenvalue weighted by molar-refractivity contribution is 6.30. The second-order valence-electron chi connectivity index (χ2n) is 5.81. The molecule has 4 heteroatoms. The smallest absolute Gasteiger partial charge is 0.227 e. The molecular formula is C17H21ClN2O. The maximum Gasteiger partial charge on any atom is 0.227 e. The Kier molecular flexibility index (Phi) is 4.84. The molecule has 3 nitrogen and oxygen atoms in total. The van der Waals surface area contributed by atoms with E-state index in [1.54, 1.807) is 0 Å². The molecule has 0 aliphatic rings. The van der Waals surface area contributed by atoms with E-state index in [-0.39, 0.29) is 5.92 Å². The fourth-order valence-electron chi connectivity index (χ4n) is 2.40. The molecule has 21 heavy (non-hydrogen) atoms. The molecule has 2 rings (SSSR count). The summed E-state index contributed by atoms with van der Waals surface area (Å²) in [6.45, 7) is 10.6. The van der Waals surface area contributed by atoms with Gasteiger partial charge in [-0.05, 0) is 42.0 Å². The van der Waals surface area contributed by atoms with Gasteiger partial charge in [-0.2, -0.15) is 0 Å². The van der Waals surface area contributed by atoms with Crippen LogP contribution >= 0.6 is 11.6 Å². The number of nitrogens with zero attached hydrogens (tertiary/aromatic N) is 2. The molecule has 0 amide bonds. The van der Waals surface area contributed by atoms with Gasteiger partial charge >= 0.3 is 0 Å². The second-order valence-corrected chi connectivity index (χ2v) is 6.17. The highest BCUT2D eigenvalue weighted by Crippen LogP contribution is 2.33. The number of rotatable bonds is 4. The van der Waals surface area contributed by atoms with Crippen molar-refractivity contribution in [2.75, 3.05) is 0 Å². The first-order chi connectivity index (χ1) is 9.90. The summed E-state index contributed by atoms with van der Waals surface area (Å²) in [6.07, 6.45) is 1.43. The molecule has 0 radical (unpaired) electrons. The average Bonchev–Trinajstić information content (AvgIpc) is 2.37. The fraction of sp³-hybridized carbons (Fsp3) is 0.412. The summed E-state index contributed by atoms with van der Waals surface area (Å²) in [5.74, 6) is 2.00. The van der Waals surface area contributed by atoms with Gasteiger partial charge in [-0.25, -0.2) is 9.97 Å². The zero-order chi connectivity index (χ0) is 15.6. The maximum atomic E-state index is 6.16. The molecule has 0 atom stereocenters. The van der Waals surface area contributed by atoms with Crippen LogP contribution in [0.5, 0.6) is 11.6 Å². The van der Waals surface area contributed by atoms with Gasteiger partial charge in [0.05, 0.1) is 5.56 Å². The zero-order valence-electron chi connectivity index (χ0n) is 13.1. The van der Waals surface area contributed by atoms with E-state index in [0.29, 0.717) is 17.0 Å². The molecule has 0 saturated heterocycles. The van der Waals surface area contributed by atoms with E-state index in [1.807, 2.05) is 26.0 Å². The van der Waals surface area contributed by atoms with Gasteiger partial charge in [-0.3, -0.25) is 0 Å². The van der Waals surface area contributed by atoms with E-state index in [1.165, 1.54) is 17.5 Å². The second kappa shape index (κ2) is 6.44. The molecule has 112 valence electrons. The van der Waals surface area contributed by atoms with Crippen LogP contribution in [0, 0.1) is 6.92 Å². The number of hydrogen-bond acceptors (Lipinski definition) is 3. The Labute approximate surface area is 131 Å². The largest absolute Gasteiger partial charge is 0.439 e. The van der Waals surface area contributed by atoms with Crippen LogP contribution in [-0.2, 0) is 0 Å². The topological polar surface area (TPSA) is 35.0 Å². The number of aromatic nitrogens is 2. The van der Waals surface area contributed by atoms with Gasteiger partial charge in [-0.1, -0.05) is 45.4 Å². The lowest BCUT2D eigenvalue weighted by Gasteiger charge is -2.15. The van der Waals surface area contributed by atoms with Crippen molar-refractivity contribution in [3.8, 4) is 11.6 Å². The van der Waals surface area contributed by atoms with E-state index in [4.69, 9.17) is 16.3 Å². The van der Waals surface area contributed by atoms with E-state index in [9.17, 15) is 0 Å². The van der Waals surface area contributed by atoms with Crippen LogP contribution in [0.1, 0.15) is 56.2 Å². The predicted octanol–water partition coefficient (Wildman–Crippen LogP) is 5.48. The third kappa shape index (κ3) is 3.53. The van der Waals surface area contributed by atoms with Crippen LogP contribution < -0.4 is 4.74 Å². The monoisotopic (exact) mass is 304 g/mol. The van der Waals surface area contributed by atoms with Gasteiger partial charge in [0.15, 0.2) is 0 Å². The van der Waals surface area contributed by atoms with Crippen LogP contribution in [0.4, 0.5) is 0 Å². The SMILES string of the molecule is Cc1cc(Oc2ncnc(Cl)c2C(C)C)ccc1C(C)C. The standard InChI is InChI=1S/C17H21ClN2O/c1-10(2)14-7-6-13(8-12(14)5)21-17-15(11(3)4)16(18)19-9-20-17/h6-11H,1-5H3. The molecule has 0 unspecified atom stereocenters. The zero-order valence-corrected chi connectivity index (χ0v) is 13.9. The molecule has 1 heterocycles. The van der Waals surface area contributed by atoms with Crippen LogP contribution in [-0.4, -0.2) is 9.97 Å². The van der Waals surface area contributed by atoms with Gasteiger partial charge in [0.25, 0.3) is 0 Å². The van der Waals surface area contributed by atoms with Crippen molar-refractivity contribution < 1.29 is 4.74 Å². The van der Waals surface area contributed by atoms with Crippen LogP contribution in [0.2, 0.25) is 5.15 Å². The van der Waals surface area contributed by atoms with Crippen LogP contribution in [0.3, 0.4) is 0 Å². The van der Waals surface area contributed by atoms with Crippen LogP contribution in [0.15, 0.2) is 24.5 Å². The molecule has 0 fully saturated rings. The van der Waals surface area contributed by atoms with Crippen molar-refractivity contribution in [3.05, 3.63) is 46.4 Å². The van der Waals surface area contributed by atoms with E-state index in [2.05, 4.69) is 36.8 Å². The minimum Gasteiger partial charge on any atom is -0.439 e. The minimum atomic E-state index is 0.199. The Hall–Kier alpha value is -1.61. The fourth-order valence-corrected chi connectivity index (χ4v) is 2.74. The van der Waals surface area contributed by atoms with E-state index < -0.39 is 0 Å². The Morgan fingerprint density at radius 2 is 1.76 bits per heavy atom. The van der Waals surface area contributed by atoms with Crippen molar-refractivity contribution >= 4 is 11.6 Å². The normalized spacial score (nSPS) is 11.2.